The van der Waals surface area contributed by atoms with Gasteiger partial charge in [-0.15, -0.1) is 11.3 Å². The molecule has 2 aliphatic rings. The SMILES string of the molecule is COc1ccc(-c2cc3c(s2)C[C@@H](C(=O)N[C@@H](Cc2ccccc2)C(=O)NCC(=O)O)N2C(=O)CC[C@H]32)cc1. The van der Waals surface area contributed by atoms with Gasteiger partial charge in [0.25, 0.3) is 0 Å². The fourth-order valence-electron chi connectivity index (χ4n) is 5.29. The van der Waals surface area contributed by atoms with Crippen molar-refractivity contribution in [3.8, 4) is 16.2 Å². The zero-order valence-electron chi connectivity index (χ0n) is 21.4. The Bertz CT molecular complexity index is 1390. The molecule has 202 valence electrons. The minimum atomic E-state index is -1.18. The maximum atomic E-state index is 13.7. The number of amides is 3. The van der Waals surface area contributed by atoms with Crippen LogP contribution < -0.4 is 15.4 Å². The quantitative estimate of drug-likeness (QED) is 0.378. The van der Waals surface area contributed by atoms with Crippen LogP contribution in [0.3, 0.4) is 0 Å². The number of nitrogens with zero attached hydrogens (tertiary/aromatic N) is 1. The second-order valence-corrected chi connectivity index (χ2v) is 10.8. The van der Waals surface area contributed by atoms with Gasteiger partial charge in [0, 0.05) is 29.0 Å². The summed E-state index contributed by atoms with van der Waals surface area (Å²) in [6, 6.07) is 17.1. The van der Waals surface area contributed by atoms with E-state index in [9.17, 15) is 19.2 Å². The second-order valence-electron chi connectivity index (χ2n) is 9.66. The highest BCUT2D eigenvalue weighted by molar-refractivity contribution is 7.15. The minimum Gasteiger partial charge on any atom is -0.497 e. The maximum absolute atomic E-state index is 13.7. The third-order valence-corrected chi connectivity index (χ3v) is 8.40. The number of aliphatic carboxylic acids is 1. The predicted molar refractivity (Wildman–Crippen MR) is 145 cm³/mol. The highest BCUT2D eigenvalue weighted by Crippen LogP contribution is 2.46. The standard InChI is InChI=1S/C29H29N3O6S/c1-38-19-9-7-18(8-10-19)24-14-20-22-11-12-26(33)32(22)23(15-25(20)39-24)29(37)31-21(28(36)30-16-27(34)35)13-17-5-3-2-4-6-17/h2-10,14,21-23H,11-13,15-16H2,1H3,(H,30,36)(H,31,37)(H,34,35)/t21-,22+,23-/m0/s1. The van der Waals surface area contributed by atoms with Gasteiger partial charge < -0.3 is 25.4 Å². The van der Waals surface area contributed by atoms with Crippen molar-refractivity contribution in [1.82, 2.24) is 15.5 Å². The van der Waals surface area contributed by atoms with Crippen molar-refractivity contribution in [2.45, 2.75) is 43.8 Å². The summed E-state index contributed by atoms with van der Waals surface area (Å²) >= 11 is 1.61. The van der Waals surface area contributed by atoms with Crippen LogP contribution in [0.2, 0.25) is 0 Å². The molecule has 0 radical (unpaired) electrons. The normalized spacial score (nSPS) is 18.6. The van der Waals surface area contributed by atoms with Gasteiger partial charge in [-0.3, -0.25) is 19.2 Å². The zero-order valence-corrected chi connectivity index (χ0v) is 22.2. The van der Waals surface area contributed by atoms with Gasteiger partial charge in [0.15, 0.2) is 0 Å². The predicted octanol–water partition coefficient (Wildman–Crippen LogP) is 2.94. The monoisotopic (exact) mass is 547 g/mol. The van der Waals surface area contributed by atoms with E-state index < -0.39 is 36.4 Å². The van der Waals surface area contributed by atoms with Gasteiger partial charge in [0.2, 0.25) is 17.7 Å². The van der Waals surface area contributed by atoms with Gasteiger partial charge in [-0.25, -0.2) is 0 Å². The molecule has 3 atom stereocenters. The van der Waals surface area contributed by atoms with E-state index in [0.29, 0.717) is 19.3 Å². The fraction of sp³-hybridized carbons (Fsp3) is 0.310. The van der Waals surface area contributed by atoms with Crippen LogP contribution in [0.4, 0.5) is 0 Å². The molecule has 0 bridgehead atoms. The van der Waals surface area contributed by atoms with E-state index in [0.717, 1.165) is 32.2 Å². The lowest BCUT2D eigenvalue weighted by Crippen LogP contribution is -2.57. The van der Waals surface area contributed by atoms with E-state index in [1.807, 2.05) is 54.6 Å². The molecule has 3 heterocycles. The molecule has 39 heavy (non-hydrogen) atoms. The van der Waals surface area contributed by atoms with Gasteiger partial charge >= 0.3 is 5.97 Å². The van der Waals surface area contributed by atoms with Crippen LogP contribution in [-0.4, -0.2) is 59.4 Å². The van der Waals surface area contributed by atoms with Crippen LogP contribution in [0.15, 0.2) is 60.7 Å². The average molecular weight is 548 g/mol. The summed E-state index contributed by atoms with van der Waals surface area (Å²) in [7, 11) is 1.62. The van der Waals surface area contributed by atoms with E-state index in [2.05, 4.69) is 16.7 Å². The maximum Gasteiger partial charge on any atom is 0.322 e. The van der Waals surface area contributed by atoms with Crippen LogP contribution in [0, 0.1) is 0 Å². The first-order valence-electron chi connectivity index (χ1n) is 12.8. The van der Waals surface area contributed by atoms with E-state index >= 15 is 0 Å². The lowest BCUT2D eigenvalue weighted by atomic mass is 9.93. The molecule has 10 heteroatoms. The lowest BCUT2D eigenvalue weighted by Gasteiger charge is -2.37. The lowest BCUT2D eigenvalue weighted by molar-refractivity contribution is -0.141. The number of nitrogens with one attached hydrogen (secondary N) is 2. The van der Waals surface area contributed by atoms with Crippen molar-refractivity contribution >= 4 is 35.0 Å². The fourth-order valence-corrected chi connectivity index (χ4v) is 6.55. The van der Waals surface area contributed by atoms with Gasteiger partial charge in [0.05, 0.1) is 13.2 Å². The first-order chi connectivity index (χ1) is 18.8. The molecule has 2 aromatic carbocycles. The zero-order chi connectivity index (χ0) is 27.5. The number of hydrogen-bond donors (Lipinski definition) is 3. The summed E-state index contributed by atoms with van der Waals surface area (Å²) < 4.78 is 5.27. The number of methoxy groups -OCH3 is 1. The third kappa shape index (κ3) is 5.65. The Hall–Kier alpha value is -4.18. The molecule has 3 N–H and O–H groups in total. The molecule has 2 aliphatic heterocycles. The number of carboxylic acid groups (broad SMARTS) is 1. The Morgan fingerprint density at radius 1 is 1.13 bits per heavy atom. The van der Waals surface area contributed by atoms with Crippen molar-refractivity contribution in [3.05, 3.63) is 76.7 Å². The van der Waals surface area contributed by atoms with Gasteiger partial charge in [-0.05, 0) is 53.4 Å². The molecule has 1 saturated heterocycles. The number of benzene rings is 2. The summed E-state index contributed by atoms with van der Waals surface area (Å²) in [5.74, 6) is -1.51. The molecule has 3 aromatic rings. The van der Waals surface area contributed by atoms with Crippen molar-refractivity contribution < 1.29 is 29.0 Å². The first kappa shape index (κ1) is 26.4. The first-order valence-corrected chi connectivity index (χ1v) is 13.6. The number of carbonyl (C=O) groups is 4. The molecule has 0 spiro atoms. The van der Waals surface area contributed by atoms with E-state index in [4.69, 9.17) is 9.84 Å². The van der Waals surface area contributed by atoms with Crippen molar-refractivity contribution in [3.63, 3.8) is 0 Å². The second kappa shape index (κ2) is 11.3. The number of rotatable bonds is 9. The smallest absolute Gasteiger partial charge is 0.322 e. The number of ether oxygens (including phenoxy) is 1. The Morgan fingerprint density at radius 3 is 2.56 bits per heavy atom. The number of hydrogen-bond acceptors (Lipinski definition) is 6. The van der Waals surface area contributed by atoms with Crippen molar-refractivity contribution in [2.75, 3.05) is 13.7 Å². The highest BCUT2D eigenvalue weighted by Gasteiger charge is 2.46. The van der Waals surface area contributed by atoms with Crippen LogP contribution in [0.5, 0.6) is 5.75 Å². The molecule has 5 rings (SSSR count). The molecule has 1 fully saturated rings. The average Bonchev–Trinajstić information content (AvgIpc) is 3.55. The minimum absolute atomic E-state index is 0.0852. The number of thiophene rings is 1. The summed E-state index contributed by atoms with van der Waals surface area (Å²) in [5, 5.41) is 14.2. The topological polar surface area (TPSA) is 125 Å². The third-order valence-electron chi connectivity index (χ3n) is 7.18. The van der Waals surface area contributed by atoms with Crippen molar-refractivity contribution in [2.24, 2.45) is 0 Å². The van der Waals surface area contributed by atoms with Crippen LogP contribution in [0.25, 0.3) is 10.4 Å². The number of carbonyl (C=O) groups excluding carboxylic acids is 3. The van der Waals surface area contributed by atoms with Gasteiger partial charge in [-0.1, -0.05) is 30.3 Å². The van der Waals surface area contributed by atoms with Gasteiger partial charge in [-0.2, -0.15) is 0 Å². The molecular formula is C29H29N3O6S. The Labute approximate surface area is 229 Å². The Kier molecular flexibility index (Phi) is 7.65. The summed E-state index contributed by atoms with van der Waals surface area (Å²) in [6.45, 7) is -0.553. The molecule has 9 nitrogen and oxygen atoms in total. The van der Waals surface area contributed by atoms with Crippen molar-refractivity contribution in [1.29, 1.82) is 0 Å². The molecule has 0 saturated carbocycles. The van der Waals surface area contributed by atoms with E-state index in [1.54, 1.807) is 23.3 Å². The molecule has 3 amide bonds. The van der Waals surface area contributed by atoms with Gasteiger partial charge in [0.1, 0.15) is 24.4 Å². The molecule has 1 aromatic heterocycles. The Morgan fingerprint density at radius 2 is 1.87 bits per heavy atom. The summed E-state index contributed by atoms with van der Waals surface area (Å²) in [6.07, 6.45) is 1.52. The van der Waals surface area contributed by atoms with Crippen LogP contribution in [-0.2, 0) is 32.0 Å². The number of fused-ring (bicyclic) bond motifs is 3. The summed E-state index contributed by atoms with van der Waals surface area (Å²) in [5.41, 5.74) is 2.92. The molecule has 0 unspecified atom stereocenters. The molecular weight excluding hydrogens is 518 g/mol. The van der Waals surface area contributed by atoms with Crippen LogP contribution in [0.1, 0.15) is 34.9 Å². The van der Waals surface area contributed by atoms with E-state index in [1.165, 1.54) is 0 Å². The highest BCUT2D eigenvalue weighted by atomic mass is 32.1. The van der Waals surface area contributed by atoms with Crippen LogP contribution >= 0.6 is 11.3 Å². The largest absolute Gasteiger partial charge is 0.497 e. The number of carboxylic acids is 1. The van der Waals surface area contributed by atoms with E-state index in [-0.39, 0.29) is 18.4 Å². The molecule has 0 aliphatic carbocycles. The summed E-state index contributed by atoms with van der Waals surface area (Å²) in [4.78, 5) is 54.3. The Balaban J connectivity index is 1.39.